The molecule has 0 aromatic rings. The van der Waals surface area contributed by atoms with Gasteiger partial charge in [-0.15, -0.1) is 0 Å². The molecule has 0 aliphatic carbocycles. The lowest BCUT2D eigenvalue weighted by atomic mass is 10.1. The van der Waals surface area contributed by atoms with E-state index in [1.165, 1.54) is 128 Å². The molecule has 396 valence electrons. The number of rotatable bonds is 52. The molecule has 0 aliphatic rings. The smallest absolute Gasteiger partial charge is 0.306 e. The standard InChI is InChI=1S/C63H108O6/c1-4-7-10-13-16-18-20-22-24-26-28-30-31-33-34-36-38-40-42-44-47-50-53-56-62(65)68-59-60(58-67-61(64)55-52-49-46-15-12-9-6-3)69-63(66)57-54-51-48-45-43-41-39-37-35-32-29-27-25-23-21-19-17-14-11-8-5-2/h7,10,16,18,21-24,27-30,35,37,60H,4-6,8-9,11-15,17,19-20,25-26,31-34,36,38-59H2,1-3H3/b10-7-,18-16-,23-21-,24-22-,29-27-,30-28-,37-35-. The summed E-state index contributed by atoms with van der Waals surface area (Å²) in [4.78, 5) is 38.0. The average molecular weight is 962 g/mol. The number of allylic oxidation sites excluding steroid dienone is 14. The SMILES string of the molecule is CC/C=C\C/C=C\C/C=C\C/C=C\CCCCCCCCCCCCC(=O)OCC(COC(=O)CCCCCCCCC)OC(=O)CCCCCCCC/C=C\C/C=C\C/C=C\CCCCCCC. The predicted molar refractivity (Wildman–Crippen MR) is 297 cm³/mol. The van der Waals surface area contributed by atoms with Crippen LogP contribution in [0, 0.1) is 0 Å². The molecular weight excluding hydrogens is 853 g/mol. The minimum absolute atomic E-state index is 0.0823. The van der Waals surface area contributed by atoms with Crippen LogP contribution in [0.15, 0.2) is 85.1 Å². The summed E-state index contributed by atoms with van der Waals surface area (Å²) in [6.45, 7) is 6.47. The Morgan fingerprint density at radius 3 is 0.884 bits per heavy atom. The molecule has 0 N–H and O–H groups in total. The van der Waals surface area contributed by atoms with E-state index in [1.807, 2.05) is 0 Å². The molecule has 0 fully saturated rings. The van der Waals surface area contributed by atoms with E-state index in [9.17, 15) is 14.4 Å². The lowest BCUT2D eigenvalue weighted by molar-refractivity contribution is -0.167. The molecule has 0 bridgehead atoms. The number of hydrogen-bond donors (Lipinski definition) is 0. The van der Waals surface area contributed by atoms with Crippen molar-refractivity contribution in [1.82, 2.24) is 0 Å². The van der Waals surface area contributed by atoms with Gasteiger partial charge in [-0.05, 0) is 96.3 Å². The lowest BCUT2D eigenvalue weighted by Gasteiger charge is -2.18. The zero-order chi connectivity index (χ0) is 50.0. The summed E-state index contributed by atoms with van der Waals surface area (Å²) in [5, 5.41) is 0. The Bertz CT molecular complexity index is 1330. The minimum atomic E-state index is -0.783. The van der Waals surface area contributed by atoms with Gasteiger partial charge in [-0.3, -0.25) is 14.4 Å². The molecule has 6 heteroatoms. The lowest BCUT2D eigenvalue weighted by Crippen LogP contribution is -2.30. The first-order valence-electron chi connectivity index (χ1n) is 29.1. The Morgan fingerprint density at radius 1 is 0.304 bits per heavy atom. The van der Waals surface area contributed by atoms with Gasteiger partial charge in [-0.1, -0.05) is 247 Å². The van der Waals surface area contributed by atoms with E-state index in [4.69, 9.17) is 14.2 Å². The fourth-order valence-corrected chi connectivity index (χ4v) is 8.03. The van der Waals surface area contributed by atoms with E-state index in [0.29, 0.717) is 19.3 Å². The maximum atomic E-state index is 12.8. The fourth-order valence-electron chi connectivity index (χ4n) is 8.03. The van der Waals surface area contributed by atoms with Gasteiger partial charge in [0.05, 0.1) is 0 Å². The first kappa shape index (κ1) is 65.6. The summed E-state index contributed by atoms with van der Waals surface area (Å²) in [6.07, 6.45) is 74.5. The van der Waals surface area contributed by atoms with Crippen LogP contribution < -0.4 is 0 Å². The van der Waals surface area contributed by atoms with Gasteiger partial charge in [-0.25, -0.2) is 0 Å². The predicted octanol–water partition coefficient (Wildman–Crippen LogP) is 19.5. The Hall–Kier alpha value is -3.41. The maximum absolute atomic E-state index is 12.8. The van der Waals surface area contributed by atoms with Crippen molar-refractivity contribution in [3.8, 4) is 0 Å². The third kappa shape index (κ3) is 55.4. The molecule has 0 spiro atoms. The second-order valence-electron chi connectivity index (χ2n) is 19.2. The highest BCUT2D eigenvalue weighted by Crippen LogP contribution is 2.15. The first-order valence-corrected chi connectivity index (χ1v) is 29.1. The molecule has 1 atom stereocenters. The van der Waals surface area contributed by atoms with Crippen molar-refractivity contribution in [3.63, 3.8) is 0 Å². The van der Waals surface area contributed by atoms with E-state index in [2.05, 4.69) is 106 Å². The van der Waals surface area contributed by atoms with E-state index in [1.54, 1.807) is 0 Å². The third-order valence-corrected chi connectivity index (χ3v) is 12.4. The molecular formula is C63H108O6. The molecule has 0 rings (SSSR count). The number of carbonyl (C=O) groups excluding carboxylic acids is 3. The molecule has 0 saturated heterocycles. The van der Waals surface area contributed by atoms with E-state index >= 15 is 0 Å². The van der Waals surface area contributed by atoms with Crippen LogP contribution in [-0.4, -0.2) is 37.2 Å². The summed E-state index contributed by atoms with van der Waals surface area (Å²) in [6, 6.07) is 0. The molecule has 0 saturated carbocycles. The molecule has 0 aliphatic heterocycles. The van der Waals surface area contributed by atoms with Gasteiger partial charge in [0.1, 0.15) is 13.2 Å². The van der Waals surface area contributed by atoms with Crippen molar-refractivity contribution in [3.05, 3.63) is 85.1 Å². The van der Waals surface area contributed by atoms with Crippen molar-refractivity contribution in [1.29, 1.82) is 0 Å². The van der Waals surface area contributed by atoms with Crippen molar-refractivity contribution >= 4 is 17.9 Å². The van der Waals surface area contributed by atoms with Crippen LogP contribution in [0.1, 0.15) is 278 Å². The second kappa shape index (κ2) is 57.2. The number of unbranched alkanes of at least 4 members (excludes halogenated alkanes) is 27. The minimum Gasteiger partial charge on any atom is -0.462 e. The maximum Gasteiger partial charge on any atom is 0.306 e. The van der Waals surface area contributed by atoms with Gasteiger partial charge < -0.3 is 14.2 Å². The zero-order valence-corrected chi connectivity index (χ0v) is 45.3. The molecule has 0 amide bonds. The van der Waals surface area contributed by atoms with E-state index in [-0.39, 0.29) is 31.1 Å². The molecule has 0 aromatic heterocycles. The number of ether oxygens (including phenoxy) is 3. The largest absolute Gasteiger partial charge is 0.462 e. The normalized spacial score (nSPS) is 12.7. The summed E-state index contributed by atoms with van der Waals surface area (Å²) >= 11 is 0. The number of carbonyl (C=O) groups is 3. The van der Waals surface area contributed by atoms with E-state index in [0.717, 1.165) is 109 Å². The Morgan fingerprint density at radius 2 is 0.565 bits per heavy atom. The quantitative estimate of drug-likeness (QED) is 0.0262. The van der Waals surface area contributed by atoms with Crippen LogP contribution >= 0.6 is 0 Å². The molecule has 0 radical (unpaired) electrons. The first-order chi connectivity index (χ1) is 34.0. The Labute approximate surface area is 426 Å². The monoisotopic (exact) mass is 961 g/mol. The summed E-state index contributed by atoms with van der Waals surface area (Å²) in [7, 11) is 0. The number of esters is 3. The summed E-state index contributed by atoms with van der Waals surface area (Å²) in [5.74, 6) is -0.901. The third-order valence-electron chi connectivity index (χ3n) is 12.4. The molecule has 0 aromatic carbocycles. The molecule has 0 heterocycles. The van der Waals surface area contributed by atoms with Crippen LogP contribution in [0.4, 0.5) is 0 Å². The highest BCUT2D eigenvalue weighted by Gasteiger charge is 2.19. The van der Waals surface area contributed by atoms with Crippen LogP contribution in [-0.2, 0) is 28.6 Å². The van der Waals surface area contributed by atoms with Gasteiger partial charge >= 0.3 is 17.9 Å². The van der Waals surface area contributed by atoms with Crippen LogP contribution in [0.5, 0.6) is 0 Å². The summed E-state index contributed by atoms with van der Waals surface area (Å²) in [5.41, 5.74) is 0. The van der Waals surface area contributed by atoms with Crippen LogP contribution in [0.2, 0.25) is 0 Å². The van der Waals surface area contributed by atoms with Gasteiger partial charge in [0.25, 0.3) is 0 Å². The van der Waals surface area contributed by atoms with Crippen molar-refractivity contribution < 1.29 is 28.6 Å². The van der Waals surface area contributed by atoms with Crippen LogP contribution in [0.3, 0.4) is 0 Å². The van der Waals surface area contributed by atoms with Gasteiger partial charge in [0.2, 0.25) is 0 Å². The second-order valence-corrected chi connectivity index (χ2v) is 19.2. The molecule has 6 nitrogen and oxygen atoms in total. The Balaban J connectivity index is 4.23. The summed E-state index contributed by atoms with van der Waals surface area (Å²) < 4.78 is 16.8. The van der Waals surface area contributed by atoms with Gasteiger partial charge in [0, 0.05) is 19.3 Å². The highest BCUT2D eigenvalue weighted by molar-refractivity contribution is 5.71. The molecule has 69 heavy (non-hydrogen) atoms. The highest BCUT2D eigenvalue weighted by atomic mass is 16.6. The van der Waals surface area contributed by atoms with Gasteiger partial charge in [0.15, 0.2) is 6.10 Å². The van der Waals surface area contributed by atoms with Crippen molar-refractivity contribution in [2.75, 3.05) is 13.2 Å². The zero-order valence-electron chi connectivity index (χ0n) is 45.3. The number of hydrogen-bond acceptors (Lipinski definition) is 6. The van der Waals surface area contributed by atoms with Crippen molar-refractivity contribution in [2.24, 2.45) is 0 Å². The van der Waals surface area contributed by atoms with Gasteiger partial charge in [-0.2, -0.15) is 0 Å². The Kier molecular flexibility index (Phi) is 54.3. The topological polar surface area (TPSA) is 78.9 Å². The van der Waals surface area contributed by atoms with Crippen LogP contribution in [0.25, 0.3) is 0 Å². The average Bonchev–Trinajstić information content (AvgIpc) is 3.35. The molecule has 1 unspecified atom stereocenters. The van der Waals surface area contributed by atoms with E-state index < -0.39 is 6.10 Å². The van der Waals surface area contributed by atoms with Crippen molar-refractivity contribution in [2.45, 2.75) is 284 Å². The fraction of sp³-hybridized carbons (Fsp3) is 0.730.